The molecule has 2 aromatic heterocycles. The highest BCUT2D eigenvalue weighted by molar-refractivity contribution is 7.46. The molecule has 228 valence electrons. The van der Waals surface area contributed by atoms with Gasteiger partial charge in [-0.1, -0.05) is 0 Å². The van der Waals surface area contributed by atoms with E-state index in [-0.39, 0.29) is 40.6 Å². The van der Waals surface area contributed by atoms with Crippen molar-refractivity contribution in [1.82, 2.24) is 14.9 Å². The fourth-order valence-electron chi connectivity index (χ4n) is 9.59. The molecule has 0 radical (unpaired) electrons. The number of phosphoric ester groups is 1. The predicted molar refractivity (Wildman–Crippen MR) is 160 cm³/mol. The molecule has 7 aliphatic rings. The third-order valence-electron chi connectivity index (χ3n) is 11.4. The number of rotatable bonds is 5. The normalized spacial score (nSPS) is 32.4. The number of likely N-dealkylation sites (tertiary alicyclic amines) is 1. The van der Waals surface area contributed by atoms with Crippen LogP contribution in [-0.2, 0) is 19.6 Å². The number of fused-ring (bicyclic) bond motifs is 4. The van der Waals surface area contributed by atoms with Crippen LogP contribution in [0.25, 0.3) is 10.9 Å². The molecule has 3 aromatic rings. The van der Waals surface area contributed by atoms with Crippen LogP contribution in [-0.4, -0.2) is 61.2 Å². The van der Waals surface area contributed by atoms with E-state index >= 15 is 0 Å². The van der Waals surface area contributed by atoms with E-state index in [1.165, 1.54) is 6.07 Å². The number of carbonyl (C=O) groups is 3. The van der Waals surface area contributed by atoms with Crippen LogP contribution in [0.4, 0.5) is 5.69 Å². The first kappa shape index (κ1) is 27.0. The van der Waals surface area contributed by atoms with Crippen molar-refractivity contribution >= 4 is 53.6 Å². The Morgan fingerprint density at radius 2 is 1.75 bits per heavy atom. The minimum atomic E-state index is -4.88. The van der Waals surface area contributed by atoms with E-state index in [9.17, 15) is 28.7 Å². The van der Waals surface area contributed by atoms with Gasteiger partial charge in [-0.25, -0.2) is 4.57 Å². The molecule has 2 bridgehead atoms. The first-order valence-electron chi connectivity index (χ1n) is 14.9. The third kappa shape index (κ3) is 3.11. The number of alkyl halides is 1. The first-order chi connectivity index (χ1) is 20.8. The topological polar surface area (TPSA) is 156 Å². The van der Waals surface area contributed by atoms with Crippen LogP contribution in [0.5, 0.6) is 5.75 Å². The number of hydrogen-bond acceptors (Lipinski definition) is 5. The van der Waals surface area contributed by atoms with Gasteiger partial charge in [0, 0.05) is 65.9 Å². The lowest BCUT2D eigenvalue weighted by Crippen LogP contribution is -2.72. The Morgan fingerprint density at radius 3 is 2.43 bits per heavy atom. The average molecular weight is 637 g/mol. The number of phosphoric acid groups is 1. The highest BCUT2D eigenvalue weighted by Gasteiger charge is 2.78. The summed E-state index contributed by atoms with van der Waals surface area (Å²) in [7, 11) is -4.88. The zero-order valence-electron chi connectivity index (χ0n) is 24.1. The summed E-state index contributed by atoms with van der Waals surface area (Å²) in [6.45, 7) is 4.82. The highest BCUT2D eigenvalue weighted by Crippen LogP contribution is 2.76. The molecule has 3 atom stereocenters. The lowest BCUT2D eigenvalue weighted by atomic mass is 9.34. The molecule has 2 amide bonds. The van der Waals surface area contributed by atoms with E-state index in [4.69, 9.17) is 16.1 Å². The molecule has 4 N–H and O–H groups in total. The maximum absolute atomic E-state index is 14.2. The number of nitrogens with zero attached hydrogens (tertiary/aromatic N) is 2. The van der Waals surface area contributed by atoms with Gasteiger partial charge in [-0.2, -0.15) is 0 Å². The summed E-state index contributed by atoms with van der Waals surface area (Å²) in [5.74, 6) is 0.166. The van der Waals surface area contributed by atoms with Gasteiger partial charge in [0.15, 0.2) is 5.75 Å². The second kappa shape index (κ2) is 8.07. The second-order valence-electron chi connectivity index (χ2n) is 13.9. The number of amides is 2. The number of hydrogen-bond donors (Lipinski definition) is 4. The van der Waals surface area contributed by atoms with Crippen molar-refractivity contribution in [2.45, 2.75) is 50.9 Å². The first-order valence-corrected chi connectivity index (χ1v) is 16.9. The number of anilines is 1. The van der Waals surface area contributed by atoms with Gasteiger partial charge in [0.2, 0.25) is 17.6 Å². The zero-order chi connectivity index (χ0) is 30.7. The molecule has 1 unspecified atom stereocenters. The molecule has 44 heavy (non-hydrogen) atoms. The fourth-order valence-corrected chi connectivity index (χ4v) is 10.2. The standard InChI is InChI=1S/C31H30ClN4O7P/c1-14-7-34-26-20(43-44(40,41)42)3-18-23(22(14)26)16(6-32)9-35(18)27(38)29-11-30(12-29,13-29)28(39)36-10-17-5-31(17)21(36)4-19(37)25-24(31)15(2)8-33-25/h3-4,7-8,16-17,33-34H,5-6,9-13H2,1-2H3,(H2,40,41,42)/t16-,17-,29?,30?,31?/m1/s1. The number of aryl methyl sites for hydroxylation is 2. The van der Waals surface area contributed by atoms with Crippen molar-refractivity contribution in [3.05, 3.63) is 58.2 Å². The number of aromatic amines is 2. The largest absolute Gasteiger partial charge is 0.524 e. The van der Waals surface area contributed by atoms with Crippen LogP contribution in [0, 0.1) is 30.6 Å². The summed E-state index contributed by atoms with van der Waals surface area (Å²) in [5.41, 5.74) is 4.69. The third-order valence-corrected chi connectivity index (χ3v) is 12.2. The lowest BCUT2D eigenvalue weighted by Gasteiger charge is -2.69. The molecule has 1 saturated heterocycles. The van der Waals surface area contributed by atoms with Crippen LogP contribution in [0.15, 0.2) is 30.2 Å². The SMILES string of the molecule is Cc1c[nH]c2c1C13C[C@@H]1CN(C(=O)C14CC(C(=O)N5C[C@@H](CCl)c6c5cc(OP(=O)(O)O)c5[nH]cc(C)c65)(C1)C4)C3=CC2=O. The summed E-state index contributed by atoms with van der Waals surface area (Å²) in [4.78, 5) is 70.2. The average Bonchev–Trinajstić information content (AvgIpc) is 3.29. The number of halogens is 1. The summed E-state index contributed by atoms with van der Waals surface area (Å²) >= 11 is 6.41. The van der Waals surface area contributed by atoms with Gasteiger partial charge in [-0.05, 0) is 67.7 Å². The summed E-state index contributed by atoms with van der Waals surface area (Å²) in [6.07, 6.45) is 7.52. The van der Waals surface area contributed by atoms with E-state index in [1.54, 1.807) is 17.2 Å². The Hall–Kier alpha value is -3.37. The Morgan fingerprint density at radius 1 is 1.07 bits per heavy atom. The number of piperidine rings is 1. The van der Waals surface area contributed by atoms with Gasteiger partial charge in [-0.3, -0.25) is 24.2 Å². The fraction of sp³-hybridized carbons (Fsp3) is 0.452. The van der Waals surface area contributed by atoms with Crippen molar-refractivity contribution in [1.29, 1.82) is 0 Å². The van der Waals surface area contributed by atoms with E-state index in [1.807, 2.05) is 24.9 Å². The highest BCUT2D eigenvalue weighted by atomic mass is 35.5. The quantitative estimate of drug-likeness (QED) is 0.240. The Labute approximate surface area is 256 Å². The van der Waals surface area contributed by atoms with Crippen molar-refractivity contribution < 1.29 is 33.3 Å². The summed E-state index contributed by atoms with van der Waals surface area (Å²) < 4.78 is 16.9. The van der Waals surface area contributed by atoms with Crippen LogP contribution in [0.1, 0.15) is 64.3 Å². The minimum Gasteiger partial charge on any atom is -0.402 e. The smallest absolute Gasteiger partial charge is 0.402 e. The van der Waals surface area contributed by atoms with Crippen molar-refractivity contribution in [3.8, 4) is 5.75 Å². The Balaban J connectivity index is 1.00. The van der Waals surface area contributed by atoms with E-state index in [2.05, 4.69) is 9.97 Å². The number of allylic oxidation sites excluding steroid dienone is 2. The summed E-state index contributed by atoms with van der Waals surface area (Å²) in [6, 6.07) is 1.52. The van der Waals surface area contributed by atoms with Gasteiger partial charge in [-0.15, -0.1) is 11.6 Å². The summed E-state index contributed by atoms with van der Waals surface area (Å²) in [5, 5.41) is 0.744. The number of benzene rings is 1. The molecule has 1 aromatic carbocycles. The number of ketones is 1. The van der Waals surface area contributed by atoms with E-state index in [0.29, 0.717) is 55.2 Å². The molecule has 10 rings (SSSR count). The van der Waals surface area contributed by atoms with E-state index < -0.39 is 18.7 Å². The van der Waals surface area contributed by atoms with Crippen LogP contribution in [0.2, 0.25) is 0 Å². The van der Waals surface area contributed by atoms with Gasteiger partial charge < -0.3 is 24.3 Å². The molecule has 2 aliphatic heterocycles. The molecule has 13 heteroatoms. The Kier molecular flexibility index (Phi) is 4.95. The molecule has 5 aliphatic carbocycles. The van der Waals surface area contributed by atoms with Crippen LogP contribution in [0.3, 0.4) is 0 Å². The molecule has 4 heterocycles. The van der Waals surface area contributed by atoms with Gasteiger partial charge in [0.05, 0.1) is 27.7 Å². The van der Waals surface area contributed by atoms with Crippen LogP contribution >= 0.6 is 19.4 Å². The van der Waals surface area contributed by atoms with Crippen molar-refractivity contribution in [2.24, 2.45) is 16.7 Å². The molecular weight excluding hydrogens is 607 g/mol. The van der Waals surface area contributed by atoms with E-state index in [0.717, 1.165) is 39.8 Å². The Bertz CT molecular complexity index is 1970. The number of H-pyrrole nitrogens is 2. The maximum atomic E-state index is 14.2. The zero-order valence-corrected chi connectivity index (χ0v) is 25.7. The van der Waals surface area contributed by atoms with Crippen molar-refractivity contribution in [3.63, 3.8) is 0 Å². The van der Waals surface area contributed by atoms with Gasteiger partial charge >= 0.3 is 7.82 Å². The monoisotopic (exact) mass is 636 g/mol. The molecule has 4 saturated carbocycles. The molecule has 5 fully saturated rings. The van der Waals surface area contributed by atoms with Gasteiger partial charge in [0.1, 0.15) is 0 Å². The van der Waals surface area contributed by atoms with Gasteiger partial charge in [0.25, 0.3) is 0 Å². The molecular formula is C31H30ClN4O7P. The predicted octanol–water partition coefficient (Wildman–Crippen LogP) is 4.30. The maximum Gasteiger partial charge on any atom is 0.524 e. The number of carbonyl (C=O) groups excluding carboxylic acids is 3. The minimum absolute atomic E-state index is 0.0110. The van der Waals surface area contributed by atoms with Crippen LogP contribution < -0.4 is 9.42 Å². The van der Waals surface area contributed by atoms with Crippen molar-refractivity contribution in [2.75, 3.05) is 23.9 Å². The molecule has 1 spiro atoms. The lowest BCUT2D eigenvalue weighted by molar-refractivity contribution is -0.212. The molecule has 11 nitrogen and oxygen atoms in total. The number of aromatic nitrogens is 2. The second-order valence-corrected chi connectivity index (χ2v) is 15.3. The number of nitrogens with one attached hydrogen (secondary N) is 2.